The molecule has 2 heterocycles. The third-order valence-corrected chi connectivity index (χ3v) is 3.64. The van der Waals surface area contributed by atoms with Gasteiger partial charge in [-0.25, -0.2) is 14.8 Å². The van der Waals surface area contributed by atoms with Crippen molar-refractivity contribution < 1.29 is 9.90 Å². The van der Waals surface area contributed by atoms with Crippen molar-refractivity contribution in [3.63, 3.8) is 0 Å². The van der Waals surface area contributed by atoms with Gasteiger partial charge in [-0.1, -0.05) is 6.92 Å². The number of carboxylic acids is 1. The maximum Gasteiger partial charge on any atom is 0.354 e. The van der Waals surface area contributed by atoms with E-state index in [0.29, 0.717) is 18.1 Å². The second-order valence-corrected chi connectivity index (χ2v) is 5.07. The van der Waals surface area contributed by atoms with Crippen LogP contribution in [0.2, 0.25) is 0 Å². The van der Waals surface area contributed by atoms with Crippen molar-refractivity contribution in [3.8, 4) is 0 Å². The third-order valence-electron chi connectivity index (χ3n) is 2.50. The predicted molar refractivity (Wildman–Crippen MR) is 74.4 cm³/mol. The molecular weight excluding hydrogens is 264 g/mol. The number of nitrogens with zero attached hydrogens (tertiary/aromatic N) is 2. The molecule has 0 radical (unpaired) electrons. The Hall–Kier alpha value is -2.15. The quantitative estimate of drug-likeness (QED) is 0.773. The normalized spacial score (nSPS) is 10.4. The summed E-state index contributed by atoms with van der Waals surface area (Å²) in [4.78, 5) is 20.3. The van der Waals surface area contributed by atoms with Gasteiger partial charge in [0.25, 0.3) is 0 Å². The first kappa shape index (κ1) is 13.3. The molecule has 0 amide bonds. The van der Waals surface area contributed by atoms with Gasteiger partial charge in [-0.15, -0.1) is 11.3 Å². The molecule has 0 saturated carbocycles. The van der Waals surface area contributed by atoms with Crippen molar-refractivity contribution in [2.75, 3.05) is 11.1 Å². The lowest BCUT2D eigenvalue weighted by Gasteiger charge is -2.07. The van der Waals surface area contributed by atoms with Crippen LogP contribution in [0.1, 0.15) is 27.3 Å². The minimum absolute atomic E-state index is 0.0370. The summed E-state index contributed by atoms with van der Waals surface area (Å²) >= 11 is 1.61. The van der Waals surface area contributed by atoms with Crippen LogP contribution in [0.4, 0.5) is 11.5 Å². The molecule has 19 heavy (non-hydrogen) atoms. The molecule has 2 aromatic heterocycles. The molecule has 0 fully saturated rings. The summed E-state index contributed by atoms with van der Waals surface area (Å²) in [6.45, 7) is 2.55. The van der Waals surface area contributed by atoms with Crippen molar-refractivity contribution in [2.45, 2.75) is 19.9 Å². The number of nitrogen functional groups attached to an aromatic ring is 1. The van der Waals surface area contributed by atoms with Gasteiger partial charge in [-0.05, 0) is 18.6 Å². The Morgan fingerprint density at radius 3 is 2.95 bits per heavy atom. The highest BCUT2D eigenvalue weighted by molar-refractivity contribution is 7.11. The van der Waals surface area contributed by atoms with Gasteiger partial charge in [-0.3, -0.25) is 0 Å². The number of thiazole rings is 1. The van der Waals surface area contributed by atoms with E-state index in [9.17, 15) is 4.79 Å². The molecule has 7 heteroatoms. The molecule has 0 saturated heterocycles. The second kappa shape index (κ2) is 5.66. The number of hydrogen-bond acceptors (Lipinski definition) is 6. The summed E-state index contributed by atoms with van der Waals surface area (Å²) in [7, 11) is 0. The van der Waals surface area contributed by atoms with E-state index >= 15 is 0 Å². The highest BCUT2D eigenvalue weighted by Gasteiger charge is 2.09. The molecule has 0 bridgehead atoms. The van der Waals surface area contributed by atoms with Crippen LogP contribution in [0.3, 0.4) is 0 Å². The highest BCUT2D eigenvalue weighted by atomic mass is 32.1. The van der Waals surface area contributed by atoms with E-state index in [1.807, 2.05) is 6.20 Å². The number of nitrogens with two attached hydrogens (primary N) is 1. The van der Waals surface area contributed by atoms with Crippen LogP contribution in [-0.4, -0.2) is 21.0 Å². The van der Waals surface area contributed by atoms with Gasteiger partial charge >= 0.3 is 5.97 Å². The number of aryl methyl sites for hydroxylation is 1. The minimum atomic E-state index is -1.08. The Bertz CT molecular complexity index is 597. The summed E-state index contributed by atoms with van der Waals surface area (Å²) in [5.74, 6) is -0.710. The van der Waals surface area contributed by atoms with E-state index < -0.39 is 5.97 Å². The molecule has 2 aromatic rings. The Morgan fingerprint density at radius 1 is 1.53 bits per heavy atom. The summed E-state index contributed by atoms with van der Waals surface area (Å²) in [6, 6.07) is 2.90. The lowest BCUT2D eigenvalue weighted by Crippen LogP contribution is -2.08. The summed E-state index contributed by atoms with van der Waals surface area (Å²) in [5.41, 5.74) is 6.13. The summed E-state index contributed by atoms with van der Waals surface area (Å²) in [5, 5.41) is 12.8. The molecular formula is C12H14N4O2S. The zero-order valence-electron chi connectivity index (χ0n) is 10.4. The largest absolute Gasteiger partial charge is 0.477 e. The van der Waals surface area contributed by atoms with E-state index in [4.69, 9.17) is 10.8 Å². The smallest absolute Gasteiger partial charge is 0.354 e. The SMILES string of the molecule is CCc1cnc(CNc2nc(C(=O)O)ccc2N)s1. The molecule has 100 valence electrons. The van der Waals surface area contributed by atoms with Crippen molar-refractivity contribution in [2.24, 2.45) is 0 Å². The maximum atomic E-state index is 10.8. The Labute approximate surface area is 114 Å². The van der Waals surface area contributed by atoms with Crippen LogP contribution in [0.15, 0.2) is 18.3 Å². The van der Waals surface area contributed by atoms with Gasteiger partial charge < -0.3 is 16.2 Å². The van der Waals surface area contributed by atoms with Gasteiger partial charge in [0.15, 0.2) is 11.5 Å². The number of anilines is 2. The average Bonchev–Trinajstić information content (AvgIpc) is 2.85. The first-order valence-electron chi connectivity index (χ1n) is 5.77. The summed E-state index contributed by atoms with van der Waals surface area (Å²) in [6.07, 6.45) is 2.79. The Morgan fingerprint density at radius 2 is 2.32 bits per heavy atom. The van der Waals surface area contributed by atoms with Gasteiger partial charge in [0.2, 0.25) is 0 Å². The minimum Gasteiger partial charge on any atom is -0.477 e. The molecule has 0 aliphatic heterocycles. The maximum absolute atomic E-state index is 10.8. The number of rotatable bonds is 5. The molecule has 0 spiro atoms. The topological polar surface area (TPSA) is 101 Å². The van der Waals surface area contributed by atoms with E-state index in [2.05, 4.69) is 22.2 Å². The fraction of sp³-hybridized carbons (Fsp3) is 0.250. The number of aromatic carboxylic acids is 1. The predicted octanol–water partition coefficient (Wildman–Crippen LogP) is 1.99. The first-order chi connectivity index (χ1) is 9.10. The number of carbonyl (C=O) groups is 1. The summed E-state index contributed by atoms with van der Waals surface area (Å²) < 4.78 is 0. The standard InChI is InChI=1S/C12H14N4O2S/c1-2-7-5-14-10(19-7)6-15-11-8(13)3-4-9(16-11)12(17)18/h3-5H,2,6,13H2,1H3,(H,15,16)(H,17,18). The van der Waals surface area contributed by atoms with Crippen molar-refractivity contribution in [1.29, 1.82) is 0 Å². The lowest BCUT2D eigenvalue weighted by atomic mass is 10.3. The molecule has 6 nitrogen and oxygen atoms in total. The highest BCUT2D eigenvalue weighted by Crippen LogP contribution is 2.19. The molecule has 0 atom stereocenters. The number of hydrogen-bond donors (Lipinski definition) is 3. The first-order valence-corrected chi connectivity index (χ1v) is 6.59. The Kier molecular flexibility index (Phi) is 3.96. The fourth-order valence-corrected chi connectivity index (χ4v) is 2.29. The molecule has 0 aromatic carbocycles. The average molecular weight is 278 g/mol. The van der Waals surface area contributed by atoms with Crippen LogP contribution in [0.5, 0.6) is 0 Å². The molecule has 0 aliphatic rings. The number of aromatic nitrogens is 2. The molecule has 4 N–H and O–H groups in total. The van der Waals surface area contributed by atoms with Gasteiger partial charge in [0.1, 0.15) is 5.01 Å². The molecule has 0 unspecified atom stereocenters. The lowest BCUT2D eigenvalue weighted by molar-refractivity contribution is 0.0690. The van der Waals surface area contributed by atoms with E-state index in [1.165, 1.54) is 17.0 Å². The van der Waals surface area contributed by atoms with E-state index in [0.717, 1.165) is 11.4 Å². The zero-order chi connectivity index (χ0) is 13.8. The van der Waals surface area contributed by atoms with Crippen molar-refractivity contribution in [1.82, 2.24) is 9.97 Å². The second-order valence-electron chi connectivity index (χ2n) is 3.87. The van der Waals surface area contributed by atoms with Gasteiger partial charge in [-0.2, -0.15) is 0 Å². The fourth-order valence-electron chi connectivity index (χ4n) is 1.48. The van der Waals surface area contributed by atoms with Crippen LogP contribution >= 0.6 is 11.3 Å². The van der Waals surface area contributed by atoms with Crippen LogP contribution in [-0.2, 0) is 13.0 Å². The van der Waals surface area contributed by atoms with Crippen LogP contribution in [0, 0.1) is 0 Å². The van der Waals surface area contributed by atoms with Crippen LogP contribution < -0.4 is 11.1 Å². The van der Waals surface area contributed by atoms with Gasteiger partial charge in [0.05, 0.1) is 12.2 Å². The van der Waals surface area contributed by atoms with Crippen molar-refractivity contribution >= 4 is 28.8 Å². The van der Waals surface area contributed by atoms with E-state index in [-0.39, 0.29) is 5.69 Å². The number of nitrogens with one attached hydrogen (secondary N) is 1. The van der Waals surface area contributed by atoms with Crippen LogP contribution in [0.25, 0.3) is 0 Å². The zero-order valence-corrected chi connectivity index (χ0v) is 11.2. The molecule has 2 rings (SSSR count). The van der Waals surface area contributed by atoms with E-state index in [1.54, 1.807) is 11.3 Å². The number of carboxylic acid groups (broad SMARTS) is 1. The van der Waals surface area contributed by atoms with Crippen molar-refractivity contribution in [3.05, 3.63) is 33.9 Å². The Balaban J connectivity index is 2.10. The third kappa shape index (κ3) is 3.19. The van der Waals surface area contributed by atoms with Gasteiger partial charge in [0, 0.05) is 11.1 Å². The molecule has 0 aliphatic carbocycles. The number of pyridine rings is 1. The monoisotopic (exact) mass is 278 g/mol.